The number of fused-ring (bicyclic) bond motifs is 1. The Labute approximate surface area is 102 Å². The van der Waals surface area contributed by atoms with Crippen LogP contribution in [0.2, 0.25) is 0 Å². The van der Waals surface area contributed by atoms with E-state index in [-0.39, 0.29) is 0 Å². The van der Waals surface area contributed by atoms with Gasteiger partial charge in [0, 0.05) is 25.6 Å². The highest BCUT2D eigenvalue weighted by Crippen LogP contribution is 2.26. The molecule has 0 fully saturated rings. The smallest absolute Gasteiger partial charge is 0.140 e. The summed E-state index contributed by atoms with van der Waals surface area (Å²) in [6.45, 7) is 4.07. The molecule has 0 bridgehead atoms. The van der Waals surface area contributed by atoms with E-state index in [4.69, 9.17) is 10.9 Å². The maximum absolute atomic E-state index is 8.64. The third-order valence-corrected chi connectivity index (χ3v) is 3.43. The van der Waals surface area contributed by atoms with Crippen molar-refractivity contribution in [3.05, 3.63) is 35.4 Å². The summed E-state index contributed by atoms with van der Waals surface area (Å²) in [7, 11) is 0. The van der Waals surface area contributed by atoms with Gasteiger partial charge in [-0.1, -0.05) is 36.3 Å². The predicted octanol–water partition coefficient (Wildman–Crippen LogP) is 1.92. The van der Waals surface area contributed by atoms with Gasteiger partial charge >= 0.3 is 0 Å². The van der Waals surface area contributed by atoms with Gasteiger partial charge in [-0.05, 0) is 17.5 Å². The minimum Gasteiger partial charge on any atom is -0.409 e. The lowest BCUT2D eigenvalue weighted by Gasteiger charge is -2.25. The topological polar surface area (TPSA) is 61.9 Å². The highest BCUT2D eigenvalue weighted by molar-refractivity contribution is 5.80. The van der Waals surface area contributed by atoms with Crippen LogP contribution in [0.1, 0.15) is 30.9 Å². The molecule has 1 atom stereocenters. The minimum absolute atomic E-state index is 0.313. The largest absolute Gasteiger partial charge is 0.409 e. The Morgan fingerprint density at radius 3 is 2.47 bits per heavy atom. The second-order valence-electron chi connectivity index (χ2n) is 4.53. The molecule has 1 aromatic rings. The van der Waals surface area contributed by atoms with E-state index in [1.807, 2.05) is 0 Å². The molecule has 1 aliphatic heterocycles. The van der Waals surface area contributed by atoms with E-state index < -0.39 is 0 Å². The van der Waals surface area contributed by atoms with E-state index in [0.29, 0.717) is 18.3 Å². The van der Waals surface area contributed by atoms with E-state index >= 15 is 0 Å². The van der Waals surface area contributed by atoms with Crippen LogP contribution >= 0.6 is 0 Å². The Kier molecular flexibility index (Phi) is 3.64. The first kappa shape index (κ1) is 11.9. The molecule has 3 N–H and O–H groups in total. The Morgan fingerprint density at radius 2 is 2.00 bits per heavy atom. The molecule has 0 amide bonds. The second-order valence-corrected chi connectivity index (χ2v) is 4.53. The quantitative estimate of drug-likeness (QED) is 0.361. The molecule has 0 spiro atoms. The van der Waals surface area contributed by atoms with Crippen molar-refractivity contribution in [2.45, 2.75) is 38.9 Å². The van der Waals surface area contributed by atoms with Gasteiger partial charge in [0.25, 0.3) is 0 Å². The van der Waals surface area contributed by atoms with Gasteiger partial charge in [-0.25, -0.2) is 0 Å². The Hall–Kier alpha value is -1.55. The number of oxime groups is 1. The van der Waals surface area contributed by atoms with Crippen LogP contribution in [0.15, 0.2) is 29.4 Å². The van der Waals surface area contributed by atoms with Crippen molar-refractivity contribution >= 4 is 5.84 Å². The molecule has 17 heavy (non-hydrogen) atoms. The Bertz CT molecular complexity index is 392. The van der Waals surface area contributed by atoms with Gasteiger partial charge in [0.2, 0.25) is 0 Å². The van der Waals surface area contributed by atoms with Gasteiger partial charge in [0.15, 0.2) is 0 Å². The molecule has 1 unspecified atom stereocenters. The lowest BCUT2D eigenvalue weighted by Crippen LogP contribution is -2.34. The van der Waals surface area contributed by atoms with E-state index in [1.165, 1.54) is 11.1 Å². The zero-order valence-corrected chi connectivity index (χ0v) is 10.1. The summed E-state index contributed by atoms with van der Waals surface area (Å²) in [5.41, 5.74) is 8.38. The fourth-order valence-corrected chi connectivity index (χ4v) is 2.43. The SMILES string of the molecule is CCC(CC(N)=NO)N1Cc2ccccc2C1. The molecule has 1 aliphatic rings. The van der Waals surface area contributed by atoms with Crippen LogP contribution in [0.4, 0.5) is 0 Å². The van der Waals surface area contributed by atoms with E-state index in [0.717, 1.165) is 19.5 Å². The number of nitrogens with two attached hydrogens (primary N) is 1. The van der Waals surface area contributed by atoms with E-state index in [9.17, 15) is 0 Å². The minimum atomic E-state index is 0.313. The summed E-state index contributed by atoms with van der Waals surface area (Å²) in [6.07, 6.45) is 1.63. The predicted molar refractivity (Wildman–Crippen MR) is 67.8 cm³/mol. The van der Waals surface area contributed by atoms with Crippen LogP contribution in [-0.2, 0) is 13.1 Å². The maximum atomic E-state index is 8.64. The zero-order valence-electron chi connectivity index (χ0n) is 10.1. The molecule has 0 saturated carbocycles. The lowest BCUT2D eigenvalue weighted by molar-refractivity contribution is 0.196. The summed E-state index contributed by atoms with van der Waals surface area (Å²) in [4.78, 5) is 2.39. The number of rotatable bonds is 4. The standard InChI is InChI=1S/C13H19N3O/c1-2-12(7-13(14)15-17)16-8-10-5-3-4-6-11(10)9-16/h3-6,12,17H,2,7-9H2,1H3,(H2,14,15). The number of hydrogen-bond acceptors (Lipinski definition) is 3. The number of nitrogens with zero attached hydrogens (tertiary/aromatic N) is 2. The molecule has 1 aromatic carbocycles. The third-order valence-electron chi connectivity index (χ3n) is 3.43. The average molecular weight is 233 g/mol. The number of amidine groups is 1. The molecule has 1 heterocycles. The van der Waals surface area contributed by atoms with Crippen molar-refractivity contribution in [2.75, 3.05) is 0 Å². The molecule has 0 aliphatic carbocycles. The first-order chi connectivity index (χ1) is 8.24. The van der Waals surface area contributed by atoms with Gasteiger partial charge in [0.05, 0.1) is 0 Å². The third kappa shape index (κ3) is 2.58. The first-order valence-electron chi connectivity index (χ1n) is 6.01. The molecule has 92 valence electrons. The average Bonchev–Trinajstić information content (AvgIpc) is 2.78. The number of hydrogen-bond donors (Lipinski definition) is 2. The Morgan fingerprint density at radius 1 is 1.41 bits per heavy atom. The summed E-state index contributed by atoms with van der Waals surface area (Å²) in [5, 5.41) is 11.7. The molecule has 0 aromatic heterocycles. The van der Waals surface area contributed by atoms with Crippen molar-refractivity contribution in [3.63, 3.8) is 0 Å². The molecular formula is C13H19N3O. The summed E-state index contributed by atoms with van der Waals surface area (Å²) >= 11 is 0. The van der Waals surface area contributed by atoms with Crippen molar-refractivity contribution in [3.8, 4) is 0 Å². The van der Waals surface area contributed by atoms with Gasteiger partial charge < -0.3 is 10.9 Å². The maximum Gasteiger partial charge on any atom is 0.140 e. The fourth-order valence-electron chi connectivity index (χ4n) is 2.43. The summed E-state index contributed by atoms with van der Waals surface area (Å²) in [5.74, 6) is 0.313. The molecular weight excluding hydrogens is 214 g/mol. The van der Waals surface area contributed by atoms with Crippen molar-refractivity contribution in [1.29, 1.82) is 0 Å². The molecule has 0 radical (unpaired) electrons. The number of benzene rings is 1. The Balaban J connectivity index is 2.05. The van der Waals surface area contributed by atoms with Gasteiger partial charge in [0.1, 0.15) is 5.84 Å². The highest BCUT2D eigenvalue weighted by atomic mass is 16.4. The van der Waals surface area contributed by atoms with Crippen LogP contribution in [-0.4, -0.2) is 22.0 Å². The van der Waals surface area contributed by atoms with Gasteiger partial charge in [-0.15, -0.1) is 0 Å². The zero-order chi connectivity index (χ0) is 12.3. The van der Waals surface area contributed by atoms with Crippen LogP contribution in [0.25, 0.3) is 0 Å². The summed E-state index contributed by atoms with van der Waals surface area (Å²) in [6, 6.07) is 8.84. The summed E-state index contributed by atoms with van der Waals surface area (Å²) < 4.78 is 0. The van der Waals surface area contributed by atoms with Crippen molar-refractivity contribution in [2.24, 2.45) is 10.9 Å². The van der Waals surface area contributed by atoms with Gasteiger partial charge in [-0.2, -0.15) is 0 Å². The van der Waals surface area contributed by atoms with Gasteiger partial charge in [-0.3, -0.25) is 4.90 Å². The normalized spacial score (nSPS) is 18.1. The molecule has 0 saturated heterocycles. The molecule has 2 rings (SSSR count). The molecule has 4 heteroatoms. The van der Waals surface area contributed by atoms with Crippen LogP contribution in [0.5, 0.6) is 0 Å². The van der Waals surface area contributed by atoms with Crippen molar-refractivity contribution in [1.82, 2.24) is 4.90 Å². The fraction of sp³-hybridized carbons (Fsp3) is 0.462. The monoisotopic (exact) mass is 233 g/mol. The first-order valence-corrected chi connectivity index (χ1v) is 6.01. The highest BCUT2D eigenvalue weighted by Gasteiger charge is 2.25. The second kappa shape index (κ2) is 5.19. The lowest BCUT2D eigenvalue weighted by atomic mass is 10.1. The van der Waals surface area contributed by atoms with Crippen LogP contribution < -0.4 is 5.73 Å². The van der Waals surface area contributed by atoms with E-state index in [1.54, 1.807) is 0 Å². The van der Waals surface area contributed by atoms with Crippen LogP contribution in [0, 0.1) is 0 Å². The van der Waals surface area contributed by atoms with Crippen LogP contribution in [0.3, 0.4) is 0 Å². The van der Waals surface area contributed by atoms with E-state index in [2.05, 4.69) is 41.2 Å². The molecule has 4 nitrogen and oxygen atoms in total. The van der Waals surface area contributed by atoms with Crippen molar-refractivity contribution < 1.29 is 5.21 Å².